The summed E-state index contributed by atoms with van der Waals surface area (Å²) in [4.78, 5) is 46.6. The topological polar surface area (TPSA) is 116 Å². The van der Waals surface area contributed by atoms with Crippen molar-refractivity contribution in [1.82, 2.24) is 16.0 Å². The molecule has 4 N–H and O–H groups in total. The Labute approximate surface area is 162 Å². The van der Waals surface area contributed by atoms with Gasteiger partial charge in [0.1, 0.15) is 0 Å². The molecular weight excluding hydrogens is 360 g/mol. The zero-order chi connectivity index (χ0) is 20.5. The number of hydrogen-bond donors (Lipinski definition) is 4. The van der Waals surface area contributed by atoms with Crippen molar-refractivity contribution in [2.24, 2.45) is 0 Å². The number of nitrogens with one attached hydrogen (secondary N) is 4. The molecule has 8 heteroatoms. The summed E-state index contributed by atoms with van der Waals surface area (Å²) < 4.78 is 0. The van der Waals surface area contributed by atoms with E-state index in [1.54, 1.807) is 42.5 Å². The van der Waals surface area contributed by atoms with Crippen LogP contribution in [-0.4, -0.2) is 37.2 Å². The maximum atomic E-state index is 12.4. The lowest BCUT2D eigenvalue weighted by Gasteiger charge is -2.09. The standard InChI is InChI=1S/C20H22N4O4/c1-13(25)22-11-14-6-8-15(9-7-14)20(28)24-17-5-3-4-16(10-17)19(27)23-12-18(26)21-2/h3-10H,11-12H2,1-2H3,(H,21,26)(H,22,25)(H,23,27)(H,24,28). The molecule has 2 rings (SSSR count). The van der Waals surface area contributed by atoms with Gasteiger partial charge in [-0.2, -0.15) is 0 Å². The molecule has 2 aromatic rings. The van der Waals surface area contributed by atoms with Gasteiger partial charge in [-0.3, -0.25) is 19.2 Å². The molecule has 0 heterocycles. The fourth-order valence-corrected chi connectivity index (χ4v) is 2.29. The predicted molar refractivity (Wildman–Crippen MR) is 105 cm³/mol. The normalized spacial score (nSPS) is 9.93. The number of carbonyl (C=O) groups excluding carboxylic acids is 4. The van der Waals surface area contributed by atoms with Crippen LogP contribution in [0.3, 0.4) is 0 Å². The number of likely N-dealkylation sites (N-methyl/N-ethyl adjacent to an activating group) is 1. The van der Waals surface area contributed by atoms with E-state index in [4.69, 9.17) is 0 Å². The molecule has 2 aromatic carbocycles. The largest absolute Gasteiger partial charge is 0.358 e. The molecule has 0 aromatic heterocycles. The quantitative estimate of drug-likeness (QED) is 0.573. The van der Waals surface area contributed by atoms with Crippen molar-refractivity contribution in [2.45, 2.75) is 13.5 Å². The number of amides is 4. The third-order valence-corrected chi connectivity index (χ3v) is 3.83. The Hall–Kier alpha value is -3.68. The smallest absolute Gasteiger partial charge is 0.255 e. The molecule has 0 spiro atoms. The molecule has 0 radical (unpaired) electrons. The molecule has 0 fully saturated rings. The minimum absolute atomic E-state index is 0.124. The average molecular weight is 382 g/mol. The number of hydrogen-bond acceptors (Lipinski definition) is 4. The lowest BCUT2D eigenvalue weighted by molar-refractivity contribution is -0.120. The van der Waals surface area contributed by atoms with E-state index >= 15 is 0 Å². The molecule has 28 heavy (non-hydrogen) atoms. The summed E-state index contributed by atoms with van der Waals surface area (Å²) in [5.41, 5.74) is 2.11. The molecule has 0 bridgehead atoms. The second kappa shape index (κ2) is 9.86. The molecular formula is C20H22N4O4. The van der Waals surface area contributed by atoms with Gasteiger partial charge in [0.15, 0.2) is 0 Å². The maximum Gasteiger partial charge on any atom is 0.255 e. The van der Waals surface area contributed by atoms with Crippen molar-refractivity contribution in [3.05, 3.63) is 65.2 Å². The third-order valence-electron chi connectivity index (χ3n) is 3.83. The fraction of sp³-hybridized carbons (Fsp3) is 0.200. The van der Waals surface area contributed by atoms with Crippen LogP contribution in [-0.2, 0) is 16.1 Å². The van der Waals surface area contributed by atoms with E-state index in [9.17, 15) is 19.2 Å². The van der Waals surface area contributed by atoms with E-state index in [2.05, 4.69) is 21.3 Å². The van der Waals surface area contributed by atoms with Gasteiger partial charge in [0.2, 0.25) is 11.8 Å². The highest BCUT2D eigenvalue weighted by atomic mass is 16.2. The van der Waals surface area contributed by atoms with Crippen LogP contribution in [0.4, 0.5) is 5.69 Å². The molecule has 0 unspecified atom stereocenters. The minimum Gasteiger partial charge on any atom is -0.358 e. The second-order valence-electron chi connectivity index (χ2n) is 6.00. The first-order chi connectivity index (χ1) is 13.4. The third kappa shape index (κ3) is 6.24. The van der Waals surface area contributed by atoms with Crippen molar-refractivity contribution < 1.29 is 19.2 Å². The highest BCUT2D eigenvalue weighted by Crippen LogP contribution is 2.13. The highest BCUT2D eigenvalue weighted by molar-refractivity contribution is 6.05. The van der Waals surface area contributed by atoms with Crippen molar-refractivity contribution in [3.8, 4) is 0 Å². The molecule has 146 valence electrons. The molecule has 0 aliphatic heterocycles. The Morgan fingerprint density at radius 2 is 1.57 bits per heavy atom. The summed E-state index contributed by atoms with van der Waals surface area (Å²) in [6.07, 6.45) is 0. The van der Waals surface area contributed by atoms with E-state index in [1.807, 2.05) is 0 Å². The molecule has 0 saturated heterocycles. The lowest BCUT2D eigenvalue weighted by atomic mass is 10.1. The first kappa shape index (κ1) is 20.6. The van der Waals surface area contributed by atoms with E-state index in [0.717, 1.165) is 5.56 Å². The second-order valence-corrected chi connectivity index (χ2v) is 6.00. The van der Waals surface area contributed by atoms with Gasteiger partial charge in [0, 0.05) is 37.3 Å². The van der Waals surface area contributed by atoms with Crippen molar-refractivity contribution in [3.63, 3.8) is 0 Å². The Morgan fingerprint density at radius 1 is 0.857 bits per heavy atom. The van der Waals surface area contributed by atoms with Crippen molar-refractivity contribution in [1.29, 1.82) is 0 Å². The minimum atomic E-state index is -0.415. The number of carbonyl (C=O) groups is 4. The summed E-state index contributed by atoms with van der Waals surface area (Å²) in [5, 5.41) is 10.3. The van der Waals surface area contributed by atoms with Crippen LogP contribution in [0.1, 0.15) is 33.2 Å². The van der Waals surface area contributed by atoms with Gasteiger partial charge in [-0.15, -0.1) is 0 Å². The SMILES string of the molecule is CNC(=O)CNC(=O)c1cccc(NC(=O)c2ccc(CNC(C)=O)cc2)c1. The van der Waals surface area contributed by atoms with Gasteiger partial charge in [-0.05, 0) is 35.9 Å². The van der Waals surface area contributed by atoms with Crippen LogP contribution in [0.25, 0.3) is 0 Å². The molecule has 0 aliphatic rings. The molecule has 8 nitrogen and oxygen atoms in total. The average Bonchev–Trinajstić information content (AvgIpc) is 2.70. The van der Waals surface area contributed by atoms with Crippen LogP contribution in [0.15, 0.2) is 48.5 Å². The molecule has 4 amide bonds. The van der Waals surface area contributed by atoms with Crippen LogP contribution >= 0.6 is 0 Å². The monoisotopic (exact) mass is 382 g/mol. The first-order valence-electron chi connectivity index (χ1n) is 8.62. The summed E-state index contributed by atoms with van der Waals surface area (Å²) in [6, 6.07) is 13.3. The van der Waals surface area contributed by atoms with E-state index < -0.39 is 5.91 Å². The van der Waals surface area contributed by atoms with E-state index in [0.29, 0.717) is 23.4 Å². The summed E-state index contributed by atoms with van der Waals surface area (Å²) in [6.45, 7) is 1.70. The Morgan fingerprint density at radius 3 is 2.21 bits per heavy atom. The summed E-state index contributed by atoms with van der Waals surface area (Å²) in [7, 11) is 1.48. The van der Waals surface area contributed by atoms with Crippen LogP contribution in [0, 0.1) is 0 Å². The fourth-order valence-electron chi connectivity index (χ4n) is 2.29. The van der Waals surface area contributed by atoms with E-state index in [-0.39, 0.29) is 24.3 Å². The molecule has 0 aliphatic carbocycles. The van der Waals surface area contributed by atoms with Gasteiger partial charge in [-0.1, -0.05) is 18.2 Å². The molecule has 0 atom stereocenters. The van der Waals surface area contributed by atoms with Gasteiger partial charge in [0.25, 0.3) is 11.8 Å². The Bertz CT molecular complexity index is 878. The number of anilines is 1. The maximum absolute atomic E-state index is 12.4. The van der Waals surface area contributed by atoms with Crippen LogP contribution in [0.5, 0.6) is 0 Å². The van der Waals surface area contributed by atoms with Crippen LogP contribution in [0.2, 0.25) is 0 Å². The predicted octanol–water partition coefficient (Wildman–Crippen LogP) is 1.05. The first-order valence-corrected chi connectivity index (χ1v) is 8.62. The summed E-state index contributed by atoms with van der Waals surface area (Å²) in [5.74, 6) is -1.17. The lowest BCUT2D eigenvalue weighted by Crippen LogP contribution is -2.35. The number of rotatable bonds is 7. The van der Waals surface area contributed by atoms with Crippen LogP contribution < -0.4 is 21.3 Å². The molecule has 0 saturated carbocycles. The van der Waals surface area contributed by atoms with Crippen molar-refractivity contribution >= 4 is 29.3 Å². The highest BCUT2D eigenvalue weighted by Gasteiger charge is 2.10. The zero-order valence-electron chi connectivity index (χ0n) is 15.7. The summed E-state index contributed by atoms with van der Waals surface area (Å²) >= 11 is 0. The van der Waals surface area contributed by atoms with Crippen molar-refractivity contribution in [2.75, 3.05) is 18.9 Å². The van der Waals surface area contributed by atoms with Gasteiger partial charge < -0.3 is 21.3 Å². The Balaban J connectivity index is 1.99. The Kier molecular flexibility index (Phi) is 7.27. The van der Waals surface area contributed by atoms with Gasteiger partial charge in [0.05, 0.1) is 6.54 Å². The van der Waals surface area contributed by atoms with Gasteiger partial charge >= 0.3 is 0 Å². The van der Waals surface area contributed by atoms with Gasteiger partial charge in [-0.25, -0.2) is 0 Å². The van der Waals surface area contributed by atoms with E-state index in [1.165, 1.54) is 20.0 Å². The number of benzene rings is 2. The zero-order valence-corrected chi connectivity index (χ0v) is 15.7.